The Kier molecular flexibility index (Phi) is 8.15. The number of hydrogen-bond donors (Lipinski definition) is 1. The van der Waals surface area contributed by atoms with Crippen molar-refractivity contribution in [1.82, 2.24) is 10.2 Å². The van der Waals surface area contributed by atoms with Gasteiger partial charge >= 0.3 is 0 Å². The number of halogens is 2. The number of rotatable bonds is 8. The first-order valence-corrected chi connectivity index (χ1v) is 9.75. The molecule has 28 heavy (non-hydrogen) atoms. The molecule has 0 saturated heterocycles. The van der Waals surface area contributed by atoms with Crippen molar-refractivity contribution in [3.63, 3.8) is 0 Å². The monoisotopic (exact) mass is 422 g/mol. The highest BCUT2D eigenvalue weighted by atomic mass is 35.5. The summed E-state index contributed by atoms with van der Waals surface area (Å²) in [7, 11) is 1.55. The summed E-state index contributed by atoms with van der Waals surface area (Å²) in [5, 5.41) is 3.56. The van der Waals surface area contributed by atoms with Crippen molar-refractivity contribution in [1.29, 1.82) is 0 Å². The number of aryl methyl sites for hydroxylation is 1. The third-order valence-electron chi connectivity index (χ3n) is 4.34. The lowest BCUT2D eigenvalue weighted by atomic mass is 10.1. The summed E-state index contributed by atoms with van der Waals surface area (Å²) < 4.78 is 5.65. The lowest BCUT2D eigenvalue weighted by Gasteiger charge is -2.30. The zero-order valence-electron chi connectivity index (χ0n) is 16.2. The Hall–Kier alpha value is -2.24. The van der Waals surface area contributed by atoms with E-state index in [9.17, 15) is 9.59 Å². The predicted molar refractivity (Wildman–Crippen MR) is 112 cm³/mol. The van der Waals surface area contributed by atoms with Gasteiger partial charge in [-0.3, -0.25) is 9.59 Å². The van der Waals surface area contributed by atoms with Crippen molar-refractivity contribution in [2.75, 3.05) is 13.7 Å². The summed E-state index contributed by atoms with van der Waals surface area (Å²) in [5.74, 6) is 0.0604. The molecule has 2 aromatic carbocycles. The fourth-order valence-corrected chi connectivity index (χ4v) is 3.32. The zero-order chi connectivity index (χ0) is 20.7. The van der Waals surface area contributed by atoms with Gasteiger partial charge in [-0.15, -0.1) is 0 Å². The maximum absolute atomic E-state index is 13.0. The summed E-state index contributed by atoms with van der Waals surface area (Å²) in [6, 6.07) is 11.9. The predicted octanol–water partition coefficient (Wildman–Crippen LogP) is 4.23. The van der Waals surface area contributed by atoms with Crippen LogP contribution in [0.2, 0.25) is 10.0 Å². The van der Waals surface area contributed by atoms with Crippen LogP contribution in [-0.2, 0) is 16.1 Å². The van der Waals surface area contributed by atoms with E-state index in [-0.39, 0.29) is 25.0 Å². The Balaban J connectivity index is 2.23. The molecule has 0 bridgehead atoms. The topological polar surface area (TPSA) is 58.6 Å². The first kappa shape index (κ1) is 22.1. The van der Waals surface area contributed by atoms with E-state index in [0.717, 1.165) is 5.56 Å². The van der Waals surface area contributed by atoms with Gasteiger partial charge in [0.1, 0.15) is 11.8 Å². The van der Waals surface area contributed by atoms with E-state index in [0.29, 0.717) is 27.8 Å². The summed E-state index contributed by atoms with van der Waals surface area (Å²) in [6.07, 6.45) is 0.459. The van der Waals surface area contributed by atoms with E-state index in [4.69, 9.17) is 27.9 Å². The van der Waals surface area contributed by atoms with E-state index in [1.54, 1.807) is 31.3 Å². The van der Waals surface area contributed by atoms with Gasteiger partial charge in [0.2, 0.25) is 5.91 Å². The standard InChI is InChI=1S/C21H24Cl2N2O3/c1-4-19(21(27)24-3)25(12-15-8-9-16(22)11-18(15)23)20(26)13-28-17-7-5-6-14(2)10-17/h5-11,19H,4,12-13H2,1-3H3,(H,24,27)/t19-/m1/s1. The molecule has 0 aliphatic heterocycles. The maximum atomic E-state index is 13.0. The second-order valence-corrected chi connectivity index (χ2v) is 7.24. The van der Waals surface area contributed by atoms with Crippen molar-refractivity contribution in [2.24, 2.45) is 0 Å². The zero-order valence-corrected chi connectivity index (χ0v) is 17.7. The van der Waals surface area contributed by atoms with E-state index in [1.165, 1.54) is 4.90 Å². The summed E-state index contributed by atoms with van der Waals surface area (Å²) in [4.78, 5) is 26.8. The third kappa shape index (κ3) is 5.88. The minimum Gasteiger partial charge on any atom is -0.484 e. The van der Waals surface area contributed by atoms with Gasteiger partial charge in [-0.25, -0.2) is 0 Å². The lowest BCUT2D eigenvalue weighted by molar-refractivity contribution is -0.142. The van der Waals surface area contributed by atoms with Gasteiger partial charge in [0.05, 0.1) is 0 Å². The number of carbonyl (C=O) groups excluding carboxylic acids is 2. The molecule has 0 aliphatic carbocycles. The second kappa shape index (κ2) is 10.3. The SMILES string of the molecule is CC[C@H](C(=O)NC)N(Cc1ccc(Cl)cc1Cl)C(=O)COc1cccc(C)c1. The van der Waals surface area contributed by atoms with Crippen LogP contribution in [0, 0.1) is 6.92 Å². The maximum Gasteiger partial charge on any atom is 0.261 e. The summed E-state index contributed by atoms with van der Waals surface area (Å²) >= 11 is 12.2. The average Bonchev–Trinajstić information content (AvgIpc) is 2.67. The molecule has 5 nitrogen and oxygen atoms in total. The molecule has 2 aromatic rings. The normalized spacial score (nSPS) is 11.6. The molecule has 1 atom stereocenters. The van der Waals surface area contributed by atoms with Crippen LogP contribution in [0.3, 0.4) is 0 Å². The minimum absolute atomic E-state index is 0.178. The first-order chi connectivity index (χ1) is 13.3. The number of benzene rings is 2. The molecule has 0 spiro atoms. The number of nitrogens with zero attached hydrogens (tertiary/aromatic N) is 1. The molecule has 2 rings (SSSR count). The van der Waals surface area contributed by atoms with Crippen LogP contribution in [0.15, 0.2) is 42.5 Å². The highest BCUT2D eigenvalue weighted by Gasteiger charge is 2.28. The minimum atomic E-state index is -0.634. The Morgan fingerprint density at radius 3 is 2.54 bits per heavy atom. The number of hydrogen-bond acceptors (Lipinski definition) is 3. The summed E-state index contributed by atoms with van der Waals surface area (Å²) in [5.41, 5.74) is 1.74. The van der Waals surface area contributed by atoms with Crippen LogP contribution in [-0.4, -0.2) is 36.4 Å². The fraction of sp³-hybridized carbons (Fsp3) is 0.333. The Morgan fingerprint density at radius 2 is 1.93 bits per heavy atom. The van der Waals surface area contributed by atoms with Gasteiger partial charge in [-0.05, 0) is 48.7 Å². The van der Waals surface area contributed by atoms with Gasteiger partial charge in [0, 0.05) is 23.6 Å². The van der Waals surface area contributed by atoms with Crippen LogP contribution in [0.1, 0.15) is 24.5 Å². The van der Waals surface area contributed by atoms with Gasteiger partial charge in [0.25, 0.3) is 5.91 Å². The molecule has 1 N–H and O–H groups in total. The van der Waals surface area contributed by atoms with E-state index in [2.05, 4.69) is 5.32 Å². The van der Waals surface area contributed by atoms with Crippen LogP contribution < -0.4 is 10.1 Å². The van der Waals surface area contributed by atoms with Crippen LogP contribution in [0.4, 0.5) is 0 Å². The summed E-state index contributed by atoms with van der Waals surface area (Å²) in [6.45, 7) is 3.80. The fourth-order valence-electron chi connectivity index (χ4n) is 2.85. The Labute approximate surface area is 175 Å². The quantitative estimate of drug-likeness (QED) is 0.691. The van der Waals surface area contributed by atoms with Crippen molar-refractivity contribution in [2.45, 2.75) is 32.9 Å². The molecule has 2 amide bonds. The van der Waals surface area contributed by atoms with E-state index >= 15 is 0 Å². The van der Waals surface area contributed by atoms with Gasteiger partial charge in [-0.2, -0.15) is 0 Å². The molecule has 0 aliphatic rings. The largest absolute Gasteiger partial charge is 0.484 e. The third-order valence-corrected chi connectivity index (χ3v) is 4.93. The average molecular weight is 423 g/mol. The van der Waals surface area contributed by atoms with Crippen molar-refractivity contribution >= 4 is 35.0 Å². The second-order valence-electron chi connectivity index (χ2n) is 6.40. The van der Waals surface area contributed by atoms with Gasteiger partial charge in [-0.1, -0.05) is 48.3 Å². The molecule has 150 valence electrons. The van der Waals surface area contributed by atoms with Crippen molar-refractivity contribution in [3.05, 3.63) is 63.6 Å². The highest BCUT2D eigenvalue weighted by molar-refractivity contribution is 6.35. The molecule has 0 saturated carbocycles. The van der Waals surface area contributed by atoms with Crippen LogP contribution in [0.5, 0.6) is 5.75 Å². The molecule has 0 heterocycles. The van der Waals surface area contributed by atoms with E-state index in [1.807, 2.05) is 32.0 Å². The molecular formula is C21H24Cl2N2O3. The highest BCUT2D eigenvalue weighted by Crippen LogP contribution is 2.24. The number of nitrogens with one attached hydrogen (secondary N) is 1. The number of amides is 2. The molecule has 0 fully saturated rings. The molecule has 0 unspecified atom stereocenters. The lowest BCUT2D eigenvalue weighted by Crippen LogP contribution is -2.49. The molecule has 0 aromatic heterocycles. The molecular weight excluding hydrogens is 399 g/mol. The first-order valence-electron chi connectivity index (χ1n) is 9.00. The van der Waals surface area contributed by atoms with Crippen LogP contribution in [0.25, 0.3) is 0 Å². The van der Waals surface area contributed by atoms with E-state index < -0.39 is 6.04 Å². The van der Waals surface area contributed by atoms with Crippen LogP contribution >= 0.6 is 23.2 Å². The van der Waals surface area contributed by atoms with Gasteiger partial charge in [0.15, 0.2) is 6.61 Å². The Bertz CT molecular complexity index is 842. The Morgan fingerprint density at radius 1 is 1.18 bits per heavy atom. The van der Waals surface area contributed by atoms with Crippen molar-refractivity contribution < 1.29 is 14.3 Å². The number of likely N-dealkylation sites (N-methyl/N-ethyl adjacent to an activating group) is 1. The smallest absolute Gasteiger partial charge is 0.261 e. The van der Waals surface area contributed by atoms with Crippen molar-refractivity contribution in [3.8, 4) is 5.75 Å². The number of ether oxygens (including phenoxy) is 1. The number of carbonyl (C=O) groups is 2. The molecule has 7 heteroatoms. The van der Waals surface area contributed by atoms with Gasteiger partial charge < -0.3 is 15.0 Å². The molecule has 0 radical (unpaired) electrons.